The summed E-state index contributed by atoms with van der Waals surface area (Å²) >= 11 is 7.40. The van der Waals surface area contributed by atoms with E-state index in [0.717, 1.165) is 20.5 Å². The van der Waals surface area contributed by atoms with Crippen molar-refractivity contribution in [2.75, 3.05) is 5.73 Å². The van der Waals surface area contributed by atoms with Crippen molar-refractivity contribution in [3.63, 3.8) is 0 Å². The smallest absolute Gasteiger partial charge is 0.0931 e. The standard InChI is InChI=1S/C11H12ClN3S/c12-10-6-5-9(16-10)11(15-14)7-3-1-2-4-8(7)13/h1-6,11,15H,13-14H2. The average molecular weight is 254 g/mol. The molecule has 5 N–H and O–H groups in total. The van der Waals surface area contributed by atoms with Crippen LogP contribution in [-0.2, 0) is 0 Å². The molecule has 0 radical (unpaired) electrons. The normalized spacial score (nSPS) is 12.6. The van der Waals surface area contributed by atoms with Crippen molar-refractivity contribution in [3.05, 3.63) is 51.2 Å². The fourth-order valence-electron chi connectivity index (χ4n) is 1.58. The summed E-state index contributed by atoms with van der Waals surface area (Å²) in [5, 5.41) is 0. The lowest BCUT2D eigenvalue weighted by molar-refractivity contribution is 0.648. The van der Waals surface area contributed by atoms with Crippen LogP contribution >= 0.6 is 22.9 Å². The van der Waals surface area contributed by atoms with Gasteiger partial charge in [-0.05, 0) is 23.8 Å². The second-order valence-electron chi connectivity index (χ2n) is 3.37. The molecule has 16 heavy (non-hydrogen) atoms. The molecule has 2 rings (SSSR count). The Bertz CT molecular complexity index is 484. The van der Waals surface area contributed by atoms with Crippen molar-refractivity contribution < 1.29 is 0 Å². The maximum absolute atomic E-state index is 5.92. The van der Waals surface area contributed by atoms with Gasteiger partial charge in [-0.3, -0.25) is 5.84 Å². The van der Waals surface area contributed by atoms with E-state index in [1.165, 1.54) is 11.3 Å². The lowest BCUT2D eigenvalue weighted by atomic mass is 10.0. The van der Waals surface area contributed by atoms with E-state index >= 15 is 0 Å². The van der Waals surface area contributed by atoms with Gasteiger partial charge in [0.1, 0.15) is 0 Å². The lowest BCUT2D eigenvalue weighted by Gasteiger charge is -2.16. The molecular formula is C11H12ClN3S. The third-order valence-electron chi connectivity index (χ3n) is 2.35. The topological polar surface area (TPSA) is 64.1 Å². The fourth-order valence-corrected chi connectivity index (χ4v) is 2.72. The van der Waals surface area contributed by atoms with Crippen LogP contribution in [0.3, 0.4) is 0 Å². The quantitative estimate of drug-likeness (QED) is 0.448. The Hall–Kier alpha value is -1.07. The molecular weight excluding hydrogens is 242 g/mol. The molecule has 0 aliphatic carbocycles. The summed E-state index contributed by atoms with van der Waals surface area (Å²) in [5.41, 5.74) is 10.4. The number of nitrogen functional groups attached to an aromatic ring is 1. The van der Waals surface area contributed by atoms with Crippen LogP contribution in [-0.4, -0.2) is 0 Å². The van der Waals surface area contributed by atoms with Gasteiger partial charge in [0.25, 0.3) is 0 Å². The van der Waals surface area contributed by atoms with Crippen LogP contribution < -0.4 is 17.0 Å². The molecule has 3 nitrogen and oxygen atoms in total. The summed E-state index contributed by atoms with van der Waals surface area (Å²) in [6.07, 6.45) is 0. The zero-order chi connectivity index (χ0) is 11.5. The minimum absolute atomic E-state index is 0.112. The van der Waals surface area contributed by atoms with E-state index in [1.54, 1.807) is 0 Å². The minimum Gasteiger partial charge on any atom is -0.398 e. The molecule has 0 spiro atoms. The van der Waals surface area contributed by atoms with E-state index < -0.39 is 0 Å². The van der Waals surface area contributed by atoms with Gasteiger partial charge in [-0.25, -0.2) is 5.43 Å². The summed E-state index contributed by atoms with van der Waals surface area (Å²) in [5.74, 6) is 5.57. The Balaban J connectivity index is 2.40. The number of anilines is 1. The van der Waals surface area contributed by atoms with Crippen molar-refractivity contribution in [1.29, 1.82) is 0 Å². The van der Waals surface area contributed by atoms with Gasteiger partial charge < -0.3 is 5.73 Å². The first kappa shape index (κ1) is 11.4. The number of hydrogen-bond acceptors (Lipinski definition) is 4. The van der Waals surface area contributed by atoms with E-state index in [-0.39, 0.29) is 6.04 Å². The largest absolute Gasteiger partial charge is 0.398 e. The fraction of sp³-hybridized carbons (Fsp3) is 0.0909. The van der Waals surface area contributed by atoms with Crippen LogP contribution in [0.5, 0.6) is 0 Å². The number of nitrogens with one attached hydrogen (secondary N) is 1. The van der Waals surface area contributed by atoms with Crippen LogP contribution in [0.2, 0.25) is 4.34 Å². The first-order chi connectivity index (χ1) is 7.72. The average Bonchev–Trinajstić information content (AvgIpc) is 2.69. The maximum Gasteiger partial charge on any atom is 0.0931 e. The van der Waals surface area contributed by atoms with Crippen LogP contribution in [0, 0.1) is 0 Å². The van der Waals surface area contributed by atoms with Crippen molar-refractivity contribution in [2.24, 2.45) is 5.84 Å². The van der Waals surface area contributed by atoms with Crippen LogP contribution in [0.4, 0.5) is 5.69 Å². The first-order valence-corrected chi connectivity index (χ1v) is 5.97. The summed E-state index contributed by atoms with van der Waals surface area (Å²) in [4.78, 5) is 1.05. The summed E-state index contributed by atoms with van der Waals surface area (Å²) in [6.45, 7) is 0. The van der Waals surface area contributed by atoms with Gasteiger partial charge in [0.2, 0.25) is 0 Å². The molecule has 0 fully saturated rings. The Morgan fingerprint density at radius 1 is 1.19 bits per heavy atom. The zero-order valence-corrected chi connectivity index (χ0v) is 10.1. The molecule has 0 amide bonds. The van der Waals surface area contributed by atoms with E-state index in [9.17, 15) is 0 Å². The summed E-state index contributed by atoms with van der Waals surface area (Å²) in [7, 11) is 0. The van der Waals surface area contributed by atoms with Gasteiger partial charge >= 0.3 is 0 Å². The lowest BCUT2D eigenvalue weighted by Crippen LogP contribution is -2.28. The Morgan fingerprint density at radius 3 is 2.50 bits per heavy atom. The van der Waals surface area contributed by atoms with Crippen molar-refractivity contribution >= 4 is 28.6 Å². The third-order valence-corrected chi connectivity index (χ3v) is 3.65. The van der Waals surface area contributed by atoms with Crippen molar-refractivity contribution in [1.82, 2.24) is 5.43 Å². The molecule has 0 aliphatic heterocycles. The monoisotopic (exact) mass is 253 g/mol. The number of rotatable bonds is 3. The van der Waals surface area contributed by atoms with E-state index in [0.29, 0.717) is 0 Å². The number of hydrogen-bond donors (Lipinski definition) is 3. The predicted octanol–water partition coefficient (Wildman–Crippen LogP) is 2.54. The Labute approximate surface area is 103 Å². The van der Waals surface area contributed by atoms with Gasteiger partial charge in [-0.2, -0.15) is 0 Å². The van der Waals surface area contributed by atoms with E-state index in [2.05, 4.69) is 5.43 Å². The molecule has 2 aromatic rings. The van der Waals surface area contributed by atoms with Crippen molar-refractivity contribution in [2.45, 2.75) is 6.04 Å². The minimum atomic E-state index is -0.112. The molecule has 1 heterocycles. The molecule has 0 bridgehead atoms. The second-order valence-corrected chi connectivity index (χ2v) is 5.12. The SMILES string of the molecule is NNC(c1ccc(Cl)s1)c1ccccc1N. The Kier molecular flexibility index (Phi) is 3.46. The number of halogens is 1. The number of benzene rings is 1. The molecule has 1 unspecified atom stereocenters. The second kappa shape index (κ2) is 4.84. The number of thiophene rings is 1. The van der Waals surface area contributed by atoms with Gasteiger partial charge in [-0.1, -0.05) is 29.8 Å². The third kappa shape index (κ3) is 2.20. The highest BCUT2D eigenvalue weighted by atomic mass is 35.5. The van der Waals surface area contributed by atoms with Gasteiger partial charge in [0, 0.05) is 10.6 Å². The highest BCUT2D eigenvalue weighted by Crippen LogP contribution is 2.32. The van der Waals surface area contributed by atoms with E-state index in [4.69, 9.17) is 23.2 Å². The predicted molar refractivity (Wildman–Crippen MR) is 69.3 cm³/mol. The number of hydrazine groups is 1. The Morgan fingerprint density at radius 2 is 1.94 bits per heavy atom. The first-order valence-electron chi connectivity index (χ1n) is 4.78. The molecule has 5 heteroatoms. The van der Waals surface area contributed by atoms with Gasteiger partial charge in [-0.15, -0.1) is 11.3 Å². The molecule has 1 aromatic heterocycles. The molecule has 1 atom stereocenters. The summed E-state index contributed by atoms with van der Waals surface area (Å²) in [6, 6.07) is 11.3. The van der Waals surface area contributed by atoms with Gasteiger partial charge in [0.15, 0.2) is 0 Å². The van der Waals surface area contributed by atoms with Crippen LogP contribution in [0.1, 0.15) is 16.5 Å². The molecule has 0 saturated heterocycles. The highest BCUT2D eigenvalue weighted by Gasteiger charge is 2.16. The molecule has 84 valence electrons. The zero-order valence-electron chi connectivity index (χ0n) is 8.48. The van der Waals surface area contributed by atoms with Crippen LogP contribution in [0.25, 0.3) is 0 Å². The number of nitrogens with two attached hydrogens (primary N) is 2. The van der Waals surface area contributed by atoms with E-state index in [1.807, 2.05) is 36.4 Å². The molecule has 1 aromatic carbocycles. The summed E-state index contributed by atoms with van der Waals surface area (Å²) < 4.78 is 0.741. The van der Waals surface area contributed by atoms with Gasteiger partial charge in [0.05, 0.1) is 10.4 Å². The maximum atomic E-state index is 5.92. The van der Waals surface area contributed by atoms with Crippen molar-refractivity contribution in [3.8, 4) is 0 Å². The molecule has 0 saturated carbocycles. The van der Waals surface area contributed by atoms with Crippen LogP contribution in [0.15, 0.2) is 36.4 Å². The molecule has 0 aliphatic rings. The number of para-hydroxylation sites is 1. The highest BCUT2D eigenvalue weighted by molar-refractivity contribution is 7.16.